The smallest absolute Gasteiger partial charge is 0.121 e. The number of ether oxygens (including phenoxy) is 2. The third kappa shape index (κ3) is 4.19. The van der Waals surface area contributed by atoms with E-state index in [0.717, 1.165) is 19.3 Å². The summed E-state index contributed by atoms with van der Waals surface area (Å²) in [4.78, 5) is 0. The van der Waals surface area contributed by atoms with Crippen LogP contribution in [0.4, 0.5) is 0 Å². The van der Waals surface area contributed by atoms with E-state index in [1.165, 1.54) is 5.56 Å². The second-order valence-corrected chi connectivity index (χ2v) is 6.60. The van der Waals surface area contributed by atoms with Crippen LogP contribution in [0.25, 0.3) is 0 Å². The summed E-state index contributed by atoms with van der Waals surface area (Å²) in [6.45, 7) is 1.46. The molecule has 2 rings (SSSR count). The van der Waals surface area contributed by atoms with E-state index in [9.17, 15) is 0 Å². The Bertz CT molecular complexity index is 357. The lowest BCUT2D eigenvalue weighted by Gasteiger charge is -2.22. The van der Waals surface area contributed by atoms with Crippen LogP contribution in [-0.2, 0) is 16.1 Å². The van der Waals surface area contributed by atoms with E-state index in [4.69, 9.17) is 14.6 Å². The minimum Gasteiger partial charge on any atom is -0.394 e. The van der Waals surface area contributed by atoms with Gasteiger partial charge < -0.3 is 14.6 Å². The van der Waals surface area contributed by atoms with E-state index in [1.807, 2.05) is 18.2 Å². The molecule has 1 saturated heterocycles. The topological polar surface area (TPSA) is 38.7 Å². The molecule has 1 N–H and O–H groups in total. The van der Waals surface area contributed by atoms with Gasteiger partial charge in [-0.1, -0.05) is 30.3 Å². The monoisotopic (exact) mass is 362 g/mol. The number of aliphatic hydroxyl groups excluding tert-OH is 1. The van der Waals surface area contributed by atoms with Crippen molar-refractivity contribution in [2.24, 2.45) is 0 Å². The molecule has 3 nitrogen and oxygen atoms in total. The maximum atomic E-state index is 9.06. The second kappa shape index (κ2) is 6.84. The molecule has 1 fully saturated rings. The van der Waals surface area contributed by atoms with Gasteiger partial charge in [-0.25, -0.2) is 0 Å². The fourth-order valence-electron chi connectivity index (χ4n) is 2.09. The maximum absolute atomic E-state index is 9.06. The molecule has 2 unspecified atom stereocenters. The molecule has 4 heteroatoms. The van der Waals surface area contributed by atoms with E-state index in [-0.39, 0.29) is 16.3 Å². The zero-order chi connectivity index (χ0) is 12.8. The number of benzene rings is 1. The number of hydrogen-bond donors (Lipinski definition) is 1. The highest BCUT2D eigenvalue weighted by Gasteiger charge is 2.36. The summed E-state index contributed by atoms with van der Waals surface area (Å²) < 4.78 is 11.3. The molecule has 2 atom stereocenters. The Morgan fingerprint density at radius 2 is 2.17 bits per heavy atom. The number of halogens is 1. The van der Waals surface area contributed by atoms with E-state index >= 15 is 0 Å². The summed E-state index contributed by atoms with van der Waals surface area (Å²) >= 11 is 2.34. The Kier molecular flexibility index (Phi) is 5.41. The van der Waals surface area contributed by atoms with Crippen molar-refractivity contribution in [2.45, 2.75) is 35.6 Å². The molecule has 100 valence electrons. The van der Waals surface area contributed by atoms with Crippen LogP contribution in [0.2, 0.25) is 0 Å². The molecule has 0 spiro atoms. The van der Waals surface area contributed by atoms with Crippen LogP contribution in [-0.4, -0.2) is 28.0 Å². The van der Waals surface area contributed by atoms with Crippen LogP contribution in [0, 0.1) is 0 Å². The van der Waals surface area contributed by atoms with Crippen LogP contribution in [0.15, 0.2) is 30.3 Å². The molecule has 1 aliphatic heterocycles. The Balaban J connectivity index is 1.67. The first-order valence-electron chi connectivity index (χ1n) is 6.31. The van der Waals surface area contributed by atoms with Gasteiger partial charge in [-0.3, -0.25) is 0 Å². The number of aliphatic hydroxyl groups is 1. The van der Waals surface area contributed by atoms with Gasteiger partial charge in [-0.15, -0.1) is 0 Å². The van der Waals surface area contributed by atoms with Gasteiger partial charge >= 0.3 is 0 Å². The third-order valence-electron chi connectivity index (χ3n) is 3.15. The standard InChI is InChI=1S/C14H19IO3/c15-14(7-6-13(10-16)18-14)8-9-17-11-12-4-2-1-3-5-12/h1-5,13,16H,6-11H2. The highest BCUT2D eigenvalue weighted by Crippen LogP contribution is 2.38. The predicted molar refractivity (Wildman–Crippen MR) is 78.7 cm³/mol. The first-order valence-corrected chi connectivity index (χ1v) is 7.39. The molecule has 0 aromatic heterocycles. The molecule has 1 aromatic carbocycles. The molecule has 0 amide bonds. The summed E-state index contributed by atoms with van der Waals surface area (Å²) in [5.41, 5.74) is 1.19. The third-order valence-corrected chi connectivity index (χ3v) is 4.49. The molecular weight excluding hydrogens is 343 g/mol. The van der Waals surface area contributed by atoms with Crippen molar-refractivity contribution in [1.29, 1.82) is 0 Å². The average Bonchev–Trinajstić information content (AvgIpc) is 2.78. The molecule has 0 saturated carbocycles. The van der Waals surface area contributed by atoms with Crippen molar-refractivity contribution in [3.8, 4) is 0 Å². The minimum absolute atomic E-state index is 0.0102. The van der Waals surface area contributed by atoms with Gasteiger partial charge in [-0.2, -0.15) is 0 Å². The zero-order valence-electron chi connectivity index (χ0n) is 10.3. The Morgan fingerprint density at radius 3 is 2.83 bits per heavy atom. The van der Waals surface area contributed by atoms with Crippen LogP contribution < -0.4 is 0 Å². The largest absolute Gasteiger partial charge is 0.394 e. The van der Waals surface area contributed by atoms with Crippen LogP contribution >= 0.6 is 22.6 Å². The molecule has 18 heavy (non-hydrogen) atoms. The van der Waals surface area contributed by atoms with Crippen molar-refractivity contribution < 1.29 is 14.6 Å². The quantitative estimate of drug-likeness (QED) is 0.481. The van der Waals surface area contributed by atoms with Gasteiger partial charge in [0.15, 0.2) is 0 Å². The van der Waals surface area contributed by atoms with Crippen LogP contribution in [0.1, 0.15) is 24.8 Å². The molecule has 1 heterocycles. The summed E-state index contributed by atoms with van der Waals surface area (Å²) in [5.74, 6) is 0. The van der Waals surface area contributed by atoms with Crippen molar-refractivity contribution in [3.05, 3.63) is 35.9 Å². The summed E-state index contributed by atoms with van der Waals surface area (Å²) in [7, 11) is 0. The lowest BCUT2D eigenvalue weighted by molar-refractivity contribution is -0.0155. The van der Waals surface area contributed by atoms with Crippen molar-refractivity contribution in [2.75, 3.05) is 13.2 Å². The van der Waals surface area contributed by atoms with Gasteiger partial charge in [0.1, 0.15) is 3.61 Å². The summed E-state index contributed by atoms with van der Waals surface area (Å²) in [6, 6.07) is 10.2. The van der Waals surface area contributed by atoms with E-state index < -0.39 is 0 Å². The lowest BCUT2D eigenvalue weighted by atomic mass is 10.1. The summed E-state index contributed by atoms with van der Waals surface area (Å²) in [5, 5.41) is 9.06. The SMILES string of the molecule is OCC1CCC(I)(CCOCc2ccccc2)O1. The summed E-state index contributed by atoms with van der Waals surface area (Å²) in [6.07, 6.45) is 2.82. The normalized spacial score (nSPS) is 27.6. The molecule has 1 aromatic rings. The van der Waals surface area contributed by atoms with Gasteiger partial charge in [0.25, 0.3) is 0 Å². The maximum Gasteiger partial charge on any atom is 0.121 e. The number of alkyl halides is 1. The van der Waals surface area contributed by atoms with E-state index in [1.54, 1.807) is 0 Å². The highest BCUT2D eigenvalue weighted by atomic mass is 127. The highest BCUT2D eigenvalue weighted by molar-refractivity contribution is 14.1. The number of hydrogen-bond acceptors (Lipinski definition) is 3. The van der Waals surface area contributed by atoms with Gasteiger partial charge in [0, 0.05) is 6.42 Å². The van der Waals surface area contributed by atoms with Crippen molar-refractivity contribution >= 4 is 22.6 Å². The molecule has 1 aliphatic rings. The Morgan fingerprint density at radius 1 is 1.39 bits per heavy atom. The van der Waals surface area contributed by atoms with Crippen LogP contribution in [0.5, 0.6) is 0 Å². The average molecular weight is 362 g/mol. The van der Waals surface area contributed by atoms with Crippen LogP contribution in [0.3, 0.4) is 0 Å². The fraction of sp³-hybridized carbons (Fsp3) is 0.571. The minimum atomic E-state index is -0.151. The van der Waals surface area contributed by atoms with E-state index in [2.05, 4.69) is 34.7 Å². The molecule has 0 bridgehead atoms. The predicted octanol–water partition coefficient (Wildman–Crippen LogP) is 2.90. The van der Waals surface area contributed by atoms with Gasteiger partial charge in [0.2, 0.25) is 0 Å². The first kappa shape index (κ1) is 14.2. The lowest BCUT2D eigenvalue weighted by Crippen LogP contribution is -2.24. The number of rotatable bonds is 6. The second-order valence-electron chi connectivity index (χ2n) is 4.63. The van der Waals surface area contributed by atoms with Gasteiger partial charge in [-0.05, 0) is 41.0 Å². The fourth-order valence-corrected chi connectivity index (χ4v) is 2.99. The molecule has 0 aliphatic carbocycles. The Labute approximate surface area is 122 Å². The van der Waals surface area contributed by atoms with Crippen molar-refractivity contribution in [1.82, 2.24) is 0 Å². The van der Waals surface area contributed by atoms with Crippen molar-refractivity contribution in [3.63, 3.8) is 0 Å². The molecule has 0 radical (unpaired) electrons. The van der Waals surface area contributed by atoms with Gasteiger partial charge in [0.05, 0.1) is 25.9 Å². The molecular formula is C14H19IO3. The van der Waals surface area contributed by atoms with E-state index in [0.29, 0.717) is 13.2 Å². The first-order chi connectivity index (χ1) is 8.72. The Hall–Kier alpha value is -0.170. The zero-order valence-corrected chi connectivity index (χ0v) is 12.5.